The lowest BCUT2D eigenvalue weighted by molar-refractivity contribution is -0.134. The Bertz CT molecular complexity index is 634. The van der Waals surface area contributed by atoms with Crippen molar-refractivity contribution in [3.63, 3.8) is 0 Å². The van der Waals surface area contributed by atoms with E-state index in [4.69, 9.17) is 15.2 Å². The van der Waals surface area contributed by atoms with Gasteiger partial charge in [0.05, 0.1) is 13.1 Å². The predicted molar refractivity (Wildman–Crippen MR) is 101 cm³/mol. The molecule has 0 bridgehead atoms. The number of carbonyl (C=O) groups excluding carboxylic acids is 1. The van der Waals surface area contributed by atoms with Crippen molar-refractivity contribution in [2.75, 3.05) is 39.3 Å². The van der Waals surface area contributed by atoms with E-state index in [1.807, 2.05) is 36.1 Å². The first-order valence-electron chi connectivity index (χ1n) is 9.53. The largest absolute Gasteiger partial charge is 0.486 e. The molecule has 2 atom stereocenters. The van der Waals surface area contributed by atoms with Crippen molar-refractivity contribution in [1.82, 2.24) is 9.80 Å². The van der Waals surface area contributed by atoms with Gasteiger partial charge in [0.2, 0.25) is 5.91 Å². The number of likely N-dealkylation sites (tertiary alicyclic amines) is 1. The monoisotopic (exact) mass is 361 g/mol. The second-order valence-electron chi connectivity index (χ2n) is 8.02. The minimum absolute atomic E-state index is 0.0413. The predicted octanol–water partition coefficient (Wildman–Crippen LogP) is 1.73. The lowest BCUT2D eigenvalue weighted by atomic mass is 9.80. The smallest absolute Gasteiger partial charge is 0.236 e. The summed E-state index contributed by atoms with van der Waals surface area (Å²) in [4.78, 5) is 16.9. The van der Waals surface area contributed by atoms with Gasteiger partial charge in [0.1, 0.15) is 6.61 Å². The maximum absolute atomic E-state index is 12.8. The SMILES string of the molecule is CCN(CC1COc2ccccc2O1)C(=O)CN1CCC(N)C(C)(C)C1. The molecular formula is C20H31N3O3. The van der Waals surface area contributed by atoms with Crippen LogP contribution >= 0.6 is 0 Å². The van der Waals surface area contributed by atoms with Gasteiger partial charge in [0.25, 0.3) is 0 Å². The molecular weight excluding hydrogens is 330 g/mol. The second kappa shape index (κ2) is 7.84. The summed E-state index contributed by atoms with van der Waals surface area (Å²) in [6.07, 6.45) is 0.794. The fourth-order valence-corrected chi connectivity index (χ4v) is 3.72. The molecule has 144 valence electrons. The summed E-state index contributed by atoms with van der Waals surface area (Å²) in [6, 6.07) is 7.85. The molecule has 6 nitrogen and oxygen atoms in total. The molecule has 1 saturated heterocycles. The first kappa shape index (κ1) is 19.0. The van der Waals surface area contributed by atoms with Gasteiger partial charge in [-0.15, -0.1) is 0 Å². The topological polar surface area (TPSA) is 68.0 Å². The third-order valence-corrected chi connectivity index (χ3v) is 5.48. The van der Waals surface area contributed by atoms with Gasteiger partial charge in [-0.1, -0.05) is 26.0 Å². The van der Waals surface area contributed by atoms with Crippen molar-refractivity contribution in [3.05, 3.63) is 24.3 Å². The van der Waals surface area contributed by atoms with Crippen LogP contribution in [0.25, 0.3) is 0 Å². The van der Waals surface area contributed by atoms with Crippen LogP contribution < -0.4 is 15.2 Å². The van der Waals surface area contributed by atoms with E-state index in [1.165, 1.54) is 0 Å². The molecule has 1 aromatic carbocycles. The molecule has 0 aromatic heterocycles. The Morgan fingerprint density at radius 2 is 2.08 bits per heavy atom. The minimum atomic E-state index is -0.139. The Morgan fingerprint density at radius 3 is 2.77 bits per heavy atom. The molecule has 0 spiro atoms. The molecule has 3 rings (SSSR count). The molecule has 2 unspecified atom stereocenters. The van der Waals surface area contributed by atoms with Gasteiger partial charge in [-0.3, -0.25) is 9.69 Å². The van der Waals surface area contributed by atoms with Crippen LogP contribution in [0.2, 0.25) is 0 Å². The number of amides is 1. The van der Waals surface area contributed by atoms with E-state index in [1.54, 1.807) is 0 Å². The first-order chi connectivity index (χ1) is 12.4. The molecule has 1 amide bonds. The molecule has 0 aliphatic carbocycles. The first-order valence-corrected chi connectivity index (χ1v) is 9.53. The molecule has 1 aromatic rings. The fraction of sp³-hybridized carbons (Fsp3) is 0.650. The average molecular weight is 361 g/mol. The maximum atomic E-state index is 12.8. The highest BCUT2D eigenvalue weighted by molar-refractivity contribution is 5.78. The molecule has 2 aliphatic heterocycles. The summed E-state index contributed by atoms with van der Waals surface area (Å²) in [5, 5.41) is 0. The van der Waals surface area contributed by atoms with Crippen LogP contribution in [-0.2, 0) is 4.79 Å². The summed E-state index contributed by atoms with van der Waals surface area (Å²) in [5.41, 5.74) is 6.24. The number of hydrogen-bond donors (Lipinski definition) is 1. The van der Waals surface area contributed by atoms with Gasteiger partial charge in [-0.2, -0.15) is 0 Å². The van der Waals surface area contributed by atoms with Gasteiger partial charge in [-0.05, 0) is 30.9 Å². The maximum Gasteiger partial charge on any atom is 0.236 e. The Labute approximate surface area is 156 Å². The quantitative estimate of drug-likeness (QED) is 0.865. The van der Waals surface area contributed by atoms with Crippen molar-refractivity contribution in [2.24, 2.45) is 11.1 Å². The Morgan fingerprint density at radius 1 is 1.35 bits per heavy atom. The van der Waals surface area contributed by atoms with Crippen LogP contribution in [0, 0.1) is 5.41 Å². The third kappa shape index (κ3) is 4.30. The molecule has 2 N–H and O–H groups in total. The summed E-state index contributed by atoms with van der Waals surface area (Å²) >= 11 is 0. The summed E-state index contributed by atoms with van der Waals surface area (Å²) in [6.45, 7) is 10.2. The average Bonchev–Trinajstić information content (AvgIpc) is 2.62. The van der Waals surface area contributed by atoms with E-state index < -0.39 is 0 Å². The van der Waals surface area contributed by atoms with Crippen molar-refractivity contribution >= 4 is 5.91 Å². The third-order valence-electron chi connectivity index (χ3n) is 5.48. The Hall–Kier alpha value is -1.79. The number of carbonyl (C=O) groups is 1. The van der Waals surface area contributed by atoms with E-state index in [0.717, 1.165) is 31.0 Å². The van der Waals surface area contributed by atoms with E-state index in [0.29, 0.717) is 26.2 Å². The van der Waals surface area contributed by atoms with Crippen LogP contribution in [0.3, 0.4) is 0 Å². The normalized spacial score (nSPS) is 24.9. The van der Waals surface area contributed by atoms with Crippen molar-refractivity contribution < 1.29 is 14.3 Å². The van der Waals surface area contributed by atoms with E-state index in [2.05, 4.69) is 18.7 Å². The molecule has 6 heteroatoms. The Balaban J connectivity index is 1.55. The highest BCUT2D eigenvalue weighted by atomic mass is 16.6. The van der Waals surface area contributed by atoms with Crippen LogP contribution in [0.15, 0.2) is 24.3 Å². The van der Waals surface area contributed by atoms with Crippen LogP contribution in [0.5, 0.6) is 11.5 Å². The van der Waals surface area contributed by atoms with Crippen LogP contribution in [0.1, 0.15) is 27.2 Å². The summed E-state index contributed by atoms with van der Waals surface area (Å²) in [7, 11) is 0. The number of likely N-dealkylation sites (N-methyl/N-ethyl adjacent to an activating group) is 1. The number of nitrogens with two attached hydrogens (primary N) is 1. The standard InChI is InChI=1S/C20H31N3O3/c1-4-23(11-15-13-25-16-7-5-6-8-17(16)26-15)19(24)12-22-10-9-18(21)20(2,3)14-22/h5-8,15,18H,4,9-14,21H2,1-3H3. The highest BCUT2D eigenvalue weighted by Crippen LogP contribution is 2.31. The van der Waals surface area contributed by atoms with E-state index >= 15 is 0 Å². The Kier molecular flexibility index (Phi) is 5.73. The number of ether oxygens (including phenoxy) is 2. The van der Waals surface area contributed by atoms with E-state index in [-0.39, 0.29) is 23.5 Å². The number of para-hydroxylation sites is 2. The highest BCUT2D eigenvalue weighted by Gasteiger charge is 2.34. The number of fused-ring (bicyclic) bond motifs is 1. The van der Waals surface area contributed by atoms with Gasteiger partial charge >= 0.3 is 0 Å². The molecule has 0 radical (unpaired) electrons. The van der Waals surface area contributed by atoms with Crippen molar-refractivity contribution in [2.45, 2.75) is 39.3 Å². The summed E-state index contributed by atoms with van der Waals surface area (Å²) in [5.74, 6) is 1.66. The zero-order valence-electron chi connectivity index (χ0n) is 16.1. The number of nitrogens with zero attached hydrogens (tertiary/aromatic N) is 2. The zero-order valence-corrected chi connectivity index (χ0v) is 16.1. The molecule has 2 heterocycles. The summed E-state index contributed by atoms with van der Waals surface area (Å²) < 4.78 is 11.8. The van der Waals surface area contributed by atoms with Crippen molar-refractivity contribution in [3.8, 4) is 11.5 Å². The van der Waals surface area contributed by atoms with Crippen LogP contribution in [-0.4, -0.2) is 67.2 Å². The number of rotatable bonds is 5. The molecule has 1 fully saturated rings. The lowest BCUT2D eigenvalue weighted by Crippen LogP contribution is -2.55. The number of benzene rings is 1. The van der Waals surface area contributed by atoms with Crippen LogP contribution in [0.4, 0.5) is 0 Å². The molecule has 0 saturated carbocycles. The van der Waals surface area contributed by atoms with Gasteiger partial charge in [-0.25, -0.2) is 0 Å². The van der Waals surface area contributed by atoms with Gasteiger partial charge in [0.15, 0.2) is 17.6 Å². The lowest BCUT2D eigenvalue weighted by Gasteiger charge is -2.43. The molecule has 26 heavy (non-hydrogen) atoms. The number of hydrogen-bond acceptors (Lipinski definition) is 5. The van der Waals surface area contributed by atoms with Crippen molar-refractivity contribution in [1.29, 1.82) is 0 Å². The minimum Gasteiger partial charge on any atom is -0.486 e. The fourth-order valence-electron chi connectivity index (χ4n) is 3.72. The zero-order chi connectivity index (χ0) is 18.7. The second-order valence-corrected chi connectivity index (χ2v) is 8.02. The van der Waals surface area contributed by atoms with E-state index in [9.17, 15) is 4.79 Å². The van der Waals surface area contributed by atoms with Gasteiger partial charge < -0.3 is 20.1 Å². The molecule has 2 aliphatic rings. The number of piperidine rings is 1. The van der Waals surface area contributed by atoms with Gasteiger partial charge in [0, 0.05) is 25.7 Å².